The first-order valence-electron chi connectivity index (χ1n) is 9.96. The fourth-order valence-electron chi connectivity index (χ4n) is 3.12. The number of benzene rings is 2. The number of thiazole rings is 1. The van der Waals surface area contributed by atoms with Gasteiger partial charge in [0.25, 0.3) is 0 Å². The number of hydrogen-bond donors (Lipinski definition) is 0. The van der Waals surface area contributed by atoms with Crippen LogP contribution < -0.4 is 4.90 Å². The molecule has 31 heavy (non-hydrogen) atoms. The van der Waals surface area contributed by atoms with Crippen LogP contribution in [0.15, 0.2) is 47.4 Å². The minimum absolute atomic E-state index is 0.109. The third-order valence-corrected chi connectivity index (χ3v) is 7.83. The molecule has 1 aromatic heterocycles. The molecule has 1 amide bonds. The fraction of sp³-hybridized carbons (Fsp3) is 0.364. The number of halogens is 1. The number of rotatable bonds is 9. The molecule has 0 unspecified atom stereocenters. The molecule has 0 radical (unpaired) electrons. The molecule has 0 saturated heterocycles. The molecule has 3 aromatic rings. The molecular weight excluding hydrogens is 454 g/mol. The van der Waals surface area contributed by atoms with Gasteiger partial charge in [-0.25, -0.2) is 13.4 Å². The summed E-state index contributed by atoms with van der Waals surface area (Å²) < 4.78 is 26.3. The standard InChI is InChI=1S/C22H26ClN3O3S2/c1-16-5-10-19-20(15-16)30-22(24-19)26(13-4-12-25(2)3)21(27)11-14-31(28,29)18-8-6-17(23)7-9-18/h5-10,15H,4,11-14H2,1-3H3. The van der Waals surface area contributed by atoms with Gasteiger partial charge in [-0.1, -0.05) is 29.0 Å². The Balaban J connectivity index is 1.78. The van der Waals surface area contributed by atoms with Crippen molar-refractivity contribution in [3.8, 4) is 0 Å². The predicted octanol–water partition coefficient (Wildman–Crippen LogP) is 4.41. The van der Waals surface area contributed by atoms with Crippen molar-refractivity contribution >= 4 is 54.0 Å². The molecule has 0 bridgehead atoms. The van der Waals surface area contributed by atoms with E-state index in [9.17, 15) is 13.2 Å². The van der Waals surface area contributed by atoms with E-state index in [0.29, 0.717) is 16.7 Å². The summed E-state index contributed by atoms with van der Waals surface area (Å²) in [6, 6.07) is 12.0. The third-order valence-electron chi connectivity index (χ3n) is 4.81. The maximum atomic E-state index is 13.1. The minimum atomic E-state index is -3.58. The van der Waals surface area contributed by atoms with Crippen molar-refractivity contribution in [2.24, 2.45) is 0 Å². The van der Waals surface area contributed by atoms with E-state index in [4.69, 9.17) is 11.6 Å². The lowest BCUT2D eigenvalue weighted by atomic mass is 10.2. The Morgan fingerprint density at radius 1 is 1.10 bits per heavy atom. The number of aromatic nitrogens is 1. The van der Waals surface area contributed by atoms with Gasteiger partial charge in [-0.3, -0.25) is 9.69 Å². The molecule has 2 aromatic carbocycles. The maximum absolute atomic E-state index is 13.1. The van der Waals surface area contributed by atoms with Gasteiger partial charge in [0.1, 0.15) is 0 Å². The number of sulfone groups is 1. The number of carbonyl (C=O) groups is 1. The number of hydrogen-bond acceptors (Lipinski definition) is 6. The quantitative estimate of drug-likeness (QED) is 0.454. The molecule has 0 aliphatic rings. The lowest BCUT2D eigenvalue weighted by molar-refractivity contribution is -0.118. The van der Waals surface area contributed by atoms with Crippen LogP contribution in [0, 0.1) is 6.92 Å². The number of anilines is 1. The van der Waals surface area contributed by atoms with Crippen molar-refractivity contribution in [2.75, 3.05) is 37.8 Å². The molecule has 9 heteroatoms. The van der Waals surface area contributed by atoms with Crippen LogP contribution in [0.4, 0.5) is 5.13 Å². The Morgan fingerprint density at radius 2 is 1.81 bits per heavy atom. The van der Waals surface area contributed by atoms with Crippen molar-refractivity contribution < 1.29 is 13.2 Å². The highest BCUT2D eigenvalue weighted by Gasteiger charge is 2.23. The van der Waals surface area contributed by atoms with Crippen LogP contribution >= 0.6 is 22.9 Å². The number of amides is 1. The Morgan fingerprint density at radius 3 is 2.48 bits per heavy atom. The van der Waals surface area contributed by atoms with E-state index in [0.717, 1.165) is 28.7 Å². The topological polar surface area (TPSA) is 70.6 Å². The summed E-state index contributed by atoms with van der Waals surface area (Å²) in [5.74, 6) is -0.506. The first-order chi connectivity index (χ1) is 14.7. The molecule has 0 atom stereocenters. The second-order valence-electron chi connectivity index (χ2n) is 7.69. The van der Waals surface area contributed by atoms with E-state index in [1.54, 1.807) is 4.90 Å². The van der Waals surface area contributed by atoms with Crippen LogP contribution in [0.3, 0.4) is 0 Å². The van der Waals surface area contributed by atoms with Gasteiger partial charge >= 0.3 is 0 Å². The van der Waals surface area contributed by atoms with Gasteiger partial charge in [-0.05, 0) is 75.9 Å². The van der Waals surface area contributed by atoms with Gasteiger partial charge in [0.05, 0.1) is 20.9 Å². The van der Waals surface area contributed by atoms with Crippen molar-refractivity contribution in [2.45, 2.75) is 24.7 Å². The molecular formula is C22H26ClN3O3S2. The molecule has 0 N–H and O–H groups in total. The van der Waals surface area contributed by atoms with Crippen LogP contribution in [0.2, 0.25) is 5.02 Å². The first kappa shape index (κ1) is 23.7. The lowest BCUT2D eigenvalue weighted by Gasteiger charge is -2.21. The van der Waals surface area contributed by atoms with E-state index < -0.39 is 9.84 Å². The second kappa shape index (κ2) is 10.1. The van der Waals surface area contributed by atoms with E-state index in [2.05, 4.69) is 9.88 Å². The smallest absolute Gasteiger partial charge is 0.229 e. The Bertz CT molecular complexity index is 1160. The highest BCUT2D eigenvalue weighted by Crippen LogP contribution is 2.30. The Labute approximate surface area is 192 Å². The molecule has 0 fully saturated rings. The molecule has 0 spiro atoms. The Kier molecular flexibility index (Phi) is 7.69. The third kappa shape index (κ3) is 6.26. The number of carbonyl (C=O) groups excluding carboxylic acids is 1. The van der Waals surface area contributed by atoms with Crippen LogP contribution in [-0.4, -0.2) is 57.1 Å². The molecule has 0 saturated carbocycles. The second-order valence-corrected chi connectivity index (χ2v) is 11.2. The highest BCUT2D eigenvalue weighted by atomic mass is 35.5. The van der Waals surface area contributed by atoms with Crippen molar-refractivity contribution in [1.29, 1.82) is 0 Å². The normalized spacial score (nSPS) is 11.9. The van der Waals surface area contributed by atoms with Crippen molar-refractivity contribution in [1.82, 2.24) is 9.88 Å². The highest BCUT2D eigenvalue weighted by molar-refractivity contribution is 7.91. The van der Waals surface area contributed by atoms with Crippen LogP contribution in [0.1, 0.15) is 18.4 Å². The fourth-order valence-corrected chi connectivity index (χ4v) is 5.59. The largest absolute Gasteiger partial charge is 0.309 e. The van der Waals surface area contributed by atoms with Crippen molar-refractivity contribution in [3.05, 3.63) is 53.1 Å². The van der Waals surface area contributed by atoms with E-state index in [1.807, 2.05) is 39.2 Å². The summed E-state index contributed by atoms with van der Waals surface area (Å²) in [6.07, 6.45) is 0.652. The van der Waals surface area contributed by atoms with Gasteiger partial charge in [0, 0.05) is 18.0 Å². The number of aryl methyl sites for hydroxylation is 1. The van der Waals surface area contributed by atoms with Crippen LogP contribution in [-0.2, 0) is 14.6 Å². The molecule has 0 aliphatic heterocycles. The van der Waals surface area contributed by atoms with Crippen molar-refractivity contribution in [3.63, 3.8) is 0 Å². The zero-order chi connectivity index (χ0) is 22.6. The molecule has 3 rings (SSSR count). The van der Waals surface area contributed by atoms with Gasteiger partial charge in [-0.2, -0.15) is 0 Å². The van der Waals surface area contributed by atoms with Gasteiger partial charge in [0.15, 0.2) is 15.0 Å². The summed E-state index contributed by atoms with van der Waals surface area (Å²) in [5.41, 5.74) is 1.96. The molecule has 1 heterocycles. The summed E-state index contributed by atoms with van der Waals surface area (Å²) >= 11 is 7.30. The average molecular weight is 480 g/mol. The van der Waals surface area contributed by atoms with E-state index >= 15 is 0 Å². The monoisotopic (exact) mass is 479 g/mol. The van der Waals surface area contributed by atoms with Gasteiger partial charge in [-0.15, -0.1) is 0 Å². The Hall–Kier alpha value is -2.00. The minimum Gasteiger partial charge on any atom is -0.309 e. The zero-order valence-electron chi connectivity index (χ0n) is 17.8. The average Bonchev–Trinajstić information content (AvgIpc) is 3.12. The number of fused-ring (bicyclic) bond motifs is 1. The summed E-state index contributed by atoms with van der Waals surface area (Å²) in [7, 11) is 0.372. The van der Waals surface area contributed by atoms with Crippen LogP contribution in [0.5, 0.6) is 0 Å². The molecule has 6 nitrogen and oxygen atoms in total. The molecule has 0 aliphatic carbocycles. The zero-order valence-corrected chi connectivity index (χ0v) is 20.2. The van der Waals surface area contributed by atoms with E-state index in [1.165, 1.54) is 35.6 Å². The summed E-state index contributed by atoms with van der Waals surface area (Å²) in [4.78, 5) is 21.6. The maximum Gasteiger partial charge on any atom is 0.229 e. The first-order valence-corrected chi connectivity index (χ1v) is 12.8. The molecule has 166 valence electrons. The van der Waals surface area contributed by atoms with E-state index in [-0.39, 0.29) is 23.0 Å². The van der Waals surface area contributed by atoms with Gasteiger partial charge < -0.3 is 4.90 Å². The van der Waals surface area contributed by atoms with Crippen LogP contribution in [0.25, 0.3) is 10.2 Å². The summed E-state index contributed by atoms with van der Waals surface area (Å²) in [5, 5.41) is 1.07. The lowest BCUT2D eigenvalue weighted by Crippen LogP contribution is -2.34. The predicted molar refractivity (Wildman–Crippen MR) is 128 cm³/mol. The van der Waals surface area contributed by atoms with Gasteiger partial charge in [0.2, 0.25) is 5.91 Å². The number of nitrogens with zero attached hydrogens (tertiary/aromatic N) is 3. The SMILES string of the molecule is Cc1ccc2nc(N(CCCN(C)C)C(=O)CCS(=O)(=O)c3ccc(Cl)cc3)sc2c1. The summed E-state index contributed by atoms with van der Waals surface area (Å²) in [6.45, 7) is 3.31.